The lowest BCUT2D eigenvalue weighted by atomic mass is 10.0. The van der Waals surface area contributed by atoms with Gasteiger partial charge in [0.05, 0.1) is 22.7 Å². The van der Waals surface area contributed by atoms with Gasteiger partial charge in [-0.25, -0.2) is 4.98 Å². The first kappa shape index (κ1) is 14.6. The van der Waals surface area contributed by atoms with E-state index in [2.05, 4.69) is 21.4 Å². The third-order valence-corrected chi connectivity index (χ3v) is 5.48. The van der Waals surface area contributed by atoms with Gasteiger partial charge in [-0.2, -0.15) is 0 Å². The third kappa shape index (κ3) is 2.69. The molecule has 2 atom stereocenters. The maximum atomic E-state index is 12.4. The zero-order valence-electron chi connectivity index (χ0n) is 12.8. The smallest absolute Gasteiger partial charge is 0.233 e. The van der Waals surface area contributed by atoms with E-state index < -0.39 is 0 Å². The number of rotatable bonds is 3. The van der Waals surface area contributed by atoms with Crippen LogP contribution in [0, 0.1) is 18.8 Å². The highest BCUT2D eigenvalue weighted by Crippen LogP contribution is 2.28. The van der Waals surface area contributed by atoms with Gasteiger partial charge in [-0.1, -0.05) is 17.8 Å². The number of nitrogens with one attached hydrogen (secondary N) is 2. The van der Waals surface area contributed by atoms with Crippen LogP contribution in [0.15, 0.2) is 23.4 Å². The van der Waals surface area contributed by atoms with Crippen LogP contribution in [0.2, 0.25) is 0 Å². The largest absolute Gasteiger partial charge is 0.355 e. The first-order chi connectivity index (χ1) is 11.1. The summed E-state index contributed by atoms with van der Waals surface area (Å²) in [5.74, 6) is 0.781. The lowest BCUT2D eigenvalue weighted by molar-refractivity contribution is -0.128. The number of benzene rings is 1. The molecule has 2 aromatic rings. The quantitative estimate of drug-likeness (QED) is 0.828. The molecule has 3 heterocycles. The van der Waals surface area contributed by atoms with Gasteiger partial charge in [0.1, 0.15) is 0 Å². The summed E-state index contributed by atoms with van der Waals surface area (Å²) >= 11 is 1.42. The normalized spacial score (nSPS) is 23.3. The van der Waals surface area contributed by atoms with Crippen LogP contribution in [-0.2, 0) is 9.59 Å². The van der Waals surface area contributed by atoms with Gasteiger partial charge in [-0.15, -0.1) is 0 Å². The molecular formula is C16H18N4O2S. The molecule has 2 fully saturated rings. The second kappa shape index (κ2) is 5.56. The Labute approximate surface area is 138 Å². The molecule has 1 aromatic heterocycles. The highest BCUT2D eigenvalue weighted by atomic mass is 32.2. The molecule has 0 saturated carbocycles. The van der Waals surface area contributed by atoms with Crippen LogP contribution in [0.1, 0.15) is 5.56 Å². The minimum atomic E-state index is -0.0156. The number of carbonyl (C=O) groups excluding carboxylic acids is 2. The lowest BCUT2D eigenvalue weighted by Gasteiger charge is -2.16. The average Bonchev–Trinajstić information content (AvgIpc) is 3.20. The minimum absolute atomic E-state index is 0.0156. The minimum Gasteiger partial charge on any atom is -0.355 e. The van der Waals surface area contributed by atoms with Crippen molar-refractivity contribution in [3.8, 4) is 0 Å². The van der Waals surface area contributed by atoms with Crippen LogP contribution >= 0.6 is 11.8 Å². The number of hydrogen-bond acceptors (Lipinski definition) is 4. The molecule has 0 bridgehead atoms. The number of aryl methyl sites for hydroxylation is 1. The Morgan fingerprint density at radius 3 is 3.13 bits per heavy atom. The highest BCUT2D eigenvalue weighted by Gasteiger charge is 2.43. The number of thioether (sulfide) groups is 1. The van der Waals surface area contributed by atoms with Gasteiger partial charge in [0.2, 0.25) is 11.8 Å². The Kier molecular flexibility index (Phi) is 3.52. The molecule has 2 saturated heterocycles. The Hall–Kier alpha value is -2.02. The van der Waals surface area contributed by atoms with Gasteiger partial charge >= 0.3 is 0 Å². The van der Waals surface area contributed by atoms with Crippen LogP contribution in [0.4, 0.5) is 0 Å². The molecule has 0 spiro atoms. The summed E-state index contributed by atoms with van der Waals surface area (Å²) in [6.45, 7) is 3.97. The second-order valence-corrected chi connectivity index (χ2v) is 7.23. The molecule has 23 heavy (non-hydrogen) atoms. The van der Waals surface area contributed by atoms with E-state index in [4.69, 9.17) is 0 Å². The Bertz CT molecular complexity index is 787. The van der Waals surface area contributed by atoms with Crippen LogP contribution in [-0.4, -0.2) is 52.1 Å². The maximum absolute atomic E-state index is 12.4. The number of nitrogens with zero attached hydrogens (tertiary/aromatic N) is 2. The standard InChI is InChI=1S/C16H18N4O2S/c1-9-2-3-12-13(4-9)19-16(18-12)23-8-14(21)20-6-10-5-17-15(22)11(10)7-20/h2-4,10-11H,5-8H2,1H3,(H,17,22)(H,18,19)/t10-,11+/m0/s1. The van der Waals surface area contributed by atoms with Crippen molar-refractivity contribution >= 4 is 34.6 Å². The van der Waals surface area contributed by atoms with Crippen molar-refractivity contribution in [3.63, 3.8) is 0 Å². The van der Waals surface area contributed by atoms with E-state index in [1.807, 2.05) is 24.0 Å². The molecule has 0 radical (unpaired) electrons. The molecule has 0 unspecified atom stereocenters. The van der Waals surface area contributed by atoms with Gasteiger partial charge < -0.3 is 15.2 Å². The summed E-state index contributed by atoms with van der Waals surface area (Å²) in [7, 11) is 0. The number of hydrogen-bond donors (Lipinski definition) is 2. The number of amides is 2. The van der Waals surface area contributed by atoms with Gasteiger partial charge in [0.25, 0.3) is 0 Å². The molecule has 6 nitrogen and oxygen atoms in total. The molecule has 7 heteroatoms. The number of imidazole rings is 1. The van der Waals surface area contributed by atoms with Crippen molar-refractivity contribution in [1.82, 2.24) is 20.2 Å². The molecule has 2 N–H and O–H groups in total. The van der Waals surface area contributed by atoms with Crippen molar-refractivity contribution in [2.24, 2.45) is 11.8 Å². The summed E-state index contributed by atoms with van der Waals surface area (Å²) in [6.07, 6.45) is 0. The fourth-order valence-electron chi connectivity index (χ4n) is 3.33. The van der Waals surface area contributed by atoms with Gasteiger partial charge in [-0.05, 0) is 24.6 Å². The molecule has 2 aliphatic rings. The molecule has 2 amide bonds. The van der Waals surface area contributed by atoms with E-state index in [1.165, 1.54) is 17.3 Å². The van der Waals surface area contributed by atoms with Gasteiger partial charge in [0, 0.05) is 25.6 Å². The Morgan fingerprint density at radius 2 is 2.30 bits per heavy atom. The van der Waals surface area contributed by atoms with Gasteiger partial charge in [-0.3, -0.25) is 9.59 Å². The van der Waals surface area contributed by atoms with Crippen molar-refractivity contribution in [2.75, 3.05) is 25.4 Å². The summed E-state index contributed by atoms with van der Waals surface area (Å²) in [4.78, 5) is 33.6. The first-order valence-corrected chi connectivity index (χ1v) is 8.73. The van der Waals surface area contributed by atoms with E-state index >= 15 is 0 Å². The maximum Gasteiger partial charge on any atom is 0.233 e. The van der Waals surface area contributed by atoms with Crippen molar-refractivity contribution < 1.29 is 9.59 Å². The fourth-order valence-corrected chi connectivity index (χ4v) is 4.12. The van der Waals surface area contributed by atoms with Crippen LogP contribution in [0.5, 0.6) is 0 Å². The third-order valence-electron chi connectivity index (χ3n) is 4.62. The predicted molar refractivity (Wildman–Crippen MR) is 88.1 cm³/mol. The van der Waals surface area contributed by atoms with Crippen molar-refractivity contribution in [3.05, 3.63) is 23.8 Å². The summed E-state index contributed by atoms with van der Waals surface area (Å²) in [6, 6.07) is 6.05. The van der Waals surface area contributed by atoms with Crippen LogP contribution in [0.3, 0.4) is 0 Å². The summed E-state index contributed by atoms with van der Waals surface area (Å²) in [5, 5.41) is 3.62. The molecule has 120 valence electrons. The fraction of sp³-hybridized carbons (Fsp3) is 0.438. The second-order valence-electron chi connectivity index (χ2n) is 6.26. The number of H-pyrrole nitrogens is 1. The Balaban J connectivity index is 1.38. The number of carbonyl (C=O) groups is 2. The number of fused-ring (bicyclic) bond motifs is 2. The number of likely N-dealkylation sites (tertiary alicyclic amines) is 1. The zero-order valence-corrected chi connectivity index (χ0v) is 13.7. The molecule has 4 rings (SSSR count). The topological polar surface area (TPSA) is 78.1 Å². The lowest BCUT2D eigenvalue weighted by Crippen LogP contribution is -2.34. The van der Waals surface area contributed by atoms with Crippen molar-refractivity contribution in [1.29, 1.82) is 0 Å². The van der Waals surface area contributed by atoms with E-state index in [0.717, 1.165) is 16.2 Å². The Morgan fingerprint density at radius 1 is 1.43 bits per heavy atom. The first-order valence-electron chi connectivity index (χ1n) is 7.75. The molecule has 2 aliphatic heterocycles. The summed E-state index contributed by atoms with van der Waals surface area (Å²) < 4.78 is 0. The SMILES string of the molecule is Cc1ccc2nc(SCC(=O)N3C[C@@H]4CNC(=O)[C@@H]4C3)[nH]c2c1. The zero-order chi connectivity index (χ0) is 16.0. The average molecular weight is 330 g/mol. The molecular weight excluding hydrogens is 312 g/mol. The van der Waals surface area contributed by atoms with E-state index in [0.29, 0.717) is 25.4 Å². The van der Waals surface area contributed by atoms with Crippen molar-refractivity contribution in [2.45, 2.75) is 12.1 Å². The van der Waals surface area contributed by atoms with Gasteiger partial charge in [0.15, 0.2) is 5.16 Å². The monoisotopic (exact) mass is 330 g/mol. The predicted octanol–water partition coefficient (Wildman–Crippen LogP) is 1.17. The van der Waals surface area contributed by atoms with Crippen LogP contribution < -0.4 is 5.32 Å². The van der Waals surface area contributed by atoms with Crippen LogP contribution in [0.25, 0.3) is 11.0 Å². The van der Waals surface area contributed by atoms with E-state index in [1.54, 1.807) is 0 Å². The van der Waals surface area contributed by atoms with E-state index in [9.17, 15) is 9.59 Å². The molecule has 1 aromatic carbocycles. The number of aromatic amines is 1. The van der Waals surface area contributed by atoms with E-state index in [-0.39, 0.29) is 23.7 Å². The summed E-state index contributed by atoms with van der Waals surface area (Å²) in [5.41, 5.74) is 3.08. The highest BCUT2D eigenvalue weighted by molar-refractivity contribution is 7.99. The molecule has 0 aliphatic carbocycles. The number of aromatic nitrogens is 2.